The van der Waals surface area contributed by atoms with Crippen LogP contribution < -0.4 is 5.32 Å². The predicted molar refractivity (Wildman–Crippen MR) is 87.4 cm³/mol. The zero-order chi connectivity index (χ0) is 16.2. The summed E-state index contributed by atoms with van der Waals surface area (Å²) in [5.41, 5.74) is 2.22. The summed E-state index contributed by atoms with van der Waals surface area (Å²) in [6, 6.07) is 8.31. The van der Waals surface area contributed by atoms with Crippen LogP contribution in [0, 0.1) is 0 Å². The number of nitrogens with one attached hydrogen (secondary N) is 1. The summed E-state index contributed by atoms with van der Waals surface area (Å²) in [6.45, 7) is 6.71. The van der Waals surface area contributed by atoms with Gasteiger partial charge in [0.1, 0.15) is 6.10 Å². The molecular weight excluding hydrogens is 308 g/mol. The molecule has 128 valence electrons. The average molecular weight is 330 g/mol. The molecule has 2 aromatic rings. The second kappa shape index (κ2) is 7.40. The molecule has 1 aromatic heterocycles. The highest BCUT2D eigenvalue weighted by Crippen LogP contribution is 2.22. The Bertz CT molecular complexity index is 663. The van der Waals surface area contributed by atoms with Crippen molar-refractivity contribution in [2.45, 2.75) is 12.6 Å². The highest BCUT2D eigenvalue weighted by Gasteiger charge is 2.22. The van der Waals surface area contributed by atoms with E-state index in [9.17, 15) is 0 Å². The molecule has 7 heteroatoms. The van der Waals surface area contributed by atoms with Gasteiger partial charge in [-0.2, -0.15) is 4.98 Å². The molecule has 0 saturated carbocycles. The van der Waals surface area contributed by atoms with Crippen LogP contribution in [-0.2, 0) is 16.0 Å². The number of aromatic nitrogens is 2. The zero-order valence-corrected chi connectivity index (χ0v) is 13.6. The Kier molecular flexibility index (Phi) is 4.84. The second-order valence-electron chi connectivity index (χ2n) is 6.11. The van der Waals surface area contributed by atoms with Crippen molar-refractivity contribution in [2.24, 2.45) is 0 Å². The number of morpholine rings is 2. The zero-order valence-electron chi connectivity index (χ0n) is 13.6. The van der Waals surface area contributed by atoms with Crippen LogP contribution in [0.3, 0.4) is 0 Å². The molecule has 0 amide bonds. The maximum Gasteiger partial charge on any atom is 0.257 e. The summed E-state index contributed by atoms with van der Waals surface area (Å²) in [5, 5.41) is 7.39. The fourth-order valence-electron chi connectivity index (χ4n) is 3.03. The third-order valence-electron chi connectivity index (χ3n) is 4.34. The fraction of sp³-hybridized carbons (Fsp3) is 0.529. The van der Waals surface area contributed by atoms with Crippen molar-refractivity contribution in [3.8, 4) is 11.4 Å². The van der Waals surface area contributed by atoms with Crippen LogP contribution in [0.15, 0.2) is 28.8 Å². The maximum absolute atomic E-state index is 5.66. The minimum atomic E-state index is -0.156. The first-order chi connectivity index (χ1) is 11.9. The molecule has 0 spiro atoms. The van der Waals surface area contributed by atoms with E-state index in [0.29, 0.717) is 24.9 Å². The number of rotatable bonds is 4. The summed E-state index contributed by atoms with van der Waals surface area (Å²) in [7, 11) is 0. The van der Waals surface area contributed by atoms with Crippen LogP contribution in [0.1, 0.15) is 17.6 Å². The molecule has 2 aliphatic rings. The van der Waals surface area contributed by atoms with Crippen LogP contribution in [0.4, 0.5) is 0 Å². The van der Waals surface area contributed by atoms with Crippen molar-refractivity contribution in [1.29, 1.82) is 0 Å². The Morgan fingerprint density at radius 1 is 1.21 bits per heavy atom. The molecule has 1 aromatic carbocycles. The molecule has 0 unspecified atom stereocenters. The number of nitrogens with zero attached hydrogens (tertiary/aromatic N) is 3. The van der Waals surface area contributed by atoms with Gasteiger partial charge in [0.05, 0.1) is 19.8 Å². The van der Waals surface area contributed by atoms with E-state index in [1.54, 1.807) is 0 Å². The first-order valence-corrected chi connectivity index (χ1v) is 8.44. The summed E-state index contributed by atoms with van der Waals surface area (Å²) >= 11 is 0. The molecule has 0 bridgehead atoms. The van der Waals surface area contributed by atoms with Gasteiger partial charge in [-0.15, -0.1) is 0 Å². The van der Waals surface area contributed by atoms with E-state index >= 15 is 0 Å². The van der Waals surface area contributed by atoms with Gasteiger partial charge in [-0.1, -0.05) is 23.4 Å². The van der Waals surface area contributed by atoms with Crippen molar-refractivity contribution in [3.63, 3.8) is 0 Å². The first kappa shape index (κ1) is 15.7. The van der Waals surface area contributed by atoms with Gasteiger partial charge < -0.3 is 19.3 Å². The molecule has 2 fully saturated rings. The van der Waals surface area contributed by atoms with E-state index in [1.807, 2.05) is 12.1 Å². The van der Waals surface area contributed by atoms with Gasteiger partial charge in [0.2, 0.25) is 5.82 Å². The molecule has 2 saturated heterocycles. The fourth-order valence-corrected chi connectivity index (χ4v) is 3.03. The Morgan fingerprint density at radius 3 is 2.96 bits per heavy atom. The minimum Gasteiger partial charge on any atom is -0.379 e. The van der Waals surface area contributed by atoms with Crippen molar-refractivity contribution < 1.29 is 14.0 Å². The standard InChI is InChI=1S/C17H22N4O3/c1-2-13(12-21-5-8-22-9-6-21)10-14(3-1)16-19-17(24-20-16)15-11-18-4-7-23-15/h1-3,10,15,18H,4-9,11-12H2/t15-/m0/s1. The Hall–Kier alpha value is -1.80. The maximum atomic E-state index is 5.66. The van der Waals surface area contributed by atoms with Crippen molar-refractivity contribution >= 4 is 0 Å². The second-order valence-corrected chi connectivity index (χ2v) is 6.11. The van der Waals surface area contributed by atoms with Crippen LogP contribution >= 0.6 is 0 Å². The van der Waals surface area contributed by atoms with E-state index in [-0.39, 0.29) is 6.10 Å². The van der Waals surface area contributed by atoms with Gasteiger partial charge in [-0.05, 0) is 11.6 Å². The third-order valence-corrected chi connectivity index (χ3v) is 4.34. The summed E-state index contributed by atoms with van der Waals surface area (Å²) in [6.07, 6.45) is -0.156. The van der Waals surface area contributed by atoms with Crippen LogP contribution in [0.2, 0.25) is 0 Å². The Labute approximate surface area is 140 Å². The van der Waals surface area contributed by atoms with Crippen molar-refractivity contribution in [3.05, 3.63) is 35.7 Å². The van der Waals surface area contributed by atoms with E-state index in [1.165, 1.54) is 5.56 Å². The molecule has 0 aliphatic carbocycles. The topological polar surface area (TPSA) is 72.7 Å². The lowest BCUT2D eigenvalue weighted by Gasteiger charge is -2.26. The van der Waals surface area contributed by atoms with Gasteiger partial charge in [-0.25, -0.2) is 0 Å². The average Bonchev–Trinajstić information content (AvgIpc) is 3.14. The predicted octanol–water partition coefficient (Wildman–Crippen LogP) is 1.23. The van der Waals surface area contributed by atoms with Gasteiger partial charge in [0.25, 0.3) is 5.89 Å². The molecule has 3 heterocycles. The molecule has 1 atom stereocenters. The van der Waals surface area contributed by atoms with Gasteiger partial charge in [0.15, 0.2) is 0 Å². The molecule has 2 aliphatic heterocycles. The number of hydrogen-bond donors (Lipinski definition) is 1. The number of hydrogen-bond acceptors (Lipinski definition) is 7. The third kappa shape index (κ3) is 3.64. The lowest BCUT2D eigenvalue weighted by Crippen LogP contribution is -2.35. The summed E-state index contributed by atoms with van der Waals surface area (Å²) in [5.74, 6) is 1.15. The van der Waals surface area contributed by atoms with E-state index in [0.717, 1.165) is 45.0 Å². The highest BCUT2D eigenvalue weighted by molar-refractivity contribution is 5.55. The number of benzene rings is 1. The quantitative estimate of drug-likeness (QED) is 0.904. The van der Waals surface area contributed by atoms with E-state index in [2.05, 4.69) is 32.5 Å². The lowest BCUT2D eigenvalue weighted by atomic mass is 10.1. The molecule has 0 radical (unpaired) electrons. The first-order valence-electron chi connectivity index (χ1n) is 8.44. The van der Waals surface area contributed by atoms with Crippen LogP contribution in [-0.4, -0.2) is 61.0 Å². The molecule has 1 N–H and O–H groups in total. The van der Waals surface area contributed by atoms with Crippen LogP contribution in [0.5, 0.6) is 0 Å². The SMILES string of the molecule is c1cc(CN2CCOCC2)cc(-c2noc([C@@H]3CNCCO3)n2)c1. The number of ether oxygens (including phenoxy) is 2. The van der Waals surface area contributed by atoms with E-state index < -0.39 is 0 Å². The largest absolute Gasteiger partial charge is 0.379 e. The highest BCUT2D eigenvalue weighted by atomic mass is 16.5. The molecule has 4 rings (SSSR count). The summed E-state index contributed by atoms with van der Waals surface area (Å²) in [4.78, 5) is 6.91. The van der Waals surface area contributed by atoms with Gasteiger partial charge in [-0.3, -0.25) is 4.90 Å². The molecule has 24 heavy (non-hydrogen) atoms. The van der Waals surface area contributed by atoms with Crippen molar-refractivity contribution in [1.82, 2.24) is 20.4 Å². The van der Waals surface area contributed by atoms with E-state index in [4.69, 9.17) is 14.0 Å². The smallest absolute Gasteiger partial charge is 0.257 e. The molecule has 7 nitrogen and oxygen atoms in total. The normalized spacial score (nSPS) is 22.6. The monoisotopic (exact) mass is 330 g/mol. The lowest BCUT2D eigenvalue weighted by molar-refractivity contribution is 0.00755. The Morgan fingerprint density at radius 2 is 2.12 bits per heavy atom. The van der Waals surface area contributed by atoms with Gasteiger partial charge in [0, 0.05) is 38.3 Å². The Balaban J connectivity index is 1.47. The minimum absolute atomic E-state index is 0.156. The van der Waals surface area contributed by atoms with Crippen molar-refractivity contribution in [2.75, 3.05) is 46.0 Å². The van der Waals surface area contributed by atoms with Gasteiger partial charge >= 0.3 is 0 Å². The summed E-state index contributed by atoms with van der Waals surface area (Å²) < 4.78 is 16.5. The van der Waals surface area contributed by atoms with Crippen LogP contribution in [0.25, 0.3) is 11.4 Å². The molecular formula is C17H22N4O3.